The van der Waals surface area contributed by atoms with Gasteiger partial charge in [0.2, 0.25) is 0 Å². The molecule has 23 heavy (non-hydrogen) atoms. The van der Waals surface area contributed by atoms with Crippen LogP contribution in [0, 0.1) is 6.92 Å². The molecule has 1 saturated carbocycles. The first-order chi connectivity index (χ1) is 11.2. The smallest absolute Gasteiger partial charge is 0.142 e. The van der Waals surface area contributed by atoms with E-state index in [0.29, 0.717) is 0 Å². The Hall–Kier alpha value is -1.81. The first-order valence-corrected chi connectivity index (χ1v) is 9.14. The van der Waals surface area contributed by atoms with Gasteiger partial charge in [-0.2, -0.15) is 0 Å². The van der Waals surface area contributed by atoms with Gasteiger partial charge in [0.25, 0.3) is 0 Å². The van der Waals surface area contributed by atoms with Crippen molar-refractivity contribution in [3.8, 4) is 11.4 Å². The van der Waals surface area contributed by atoms with E-state index in [9.17, 15) is 0 Å². The predicted octanol–water partition coefficient (Wildman–Crippen LogP) is 4.98. The molecule has 1 aliphatic carbocycles. The molecule has 2 heterocycles. The van der Waals surface area contributed by atoms with Gasteiger partial charge in [0.15, 0.2) is 0 Å². The number of hydrogen-bond acceptors (Lipinski definition) is 3. The van der Waals surface area contributed by atoms with Crippen molar-refractivity contribution in [2.45, 2.75) is 42.8 Å². The number of hydrogen-bond donors (Lipinski definition) is 0. The Morgan fingerprint density at radius 2 is 2.00 bits per heavy atom. The summed E-state index contributed by atoms with van der Waals surface area (Å²) in [4.78, 5) is 10.5. The van der Waals surface area contributed by atoms with Gasteiger partial charge in [0, 0.05) is 35.2 Å². The average molecular weight is 323 g/mol. The Balaban J connectivity index is 1.79. The van der Waals surface area contributed by atoms with Gasteiger partial charge < -0.3 is 4.57 Å². The van der Waals surface area contributed by atoms with Crippen LogP contribution in [0.3, 0.4) is 0 Å². The Kier molecular flexibility index (Phi) is 3.85. The molecular weight excluding hydrogens is 302 g/mol. The van der Waals surface area contributed by atoms with Crippen molar-refractivity contribution in [2.75, 3.05) is 0 Å². The highest BCUT2D eigenvalue weighted by molar-refractivity contribution is 8.00. The summed E-state index contributed by atoms with van der Waals surface area (Å²) < 4.78 is 2.20. The summed E-state index contributed by atoms with van der Waals surface area (Å²) in [6.07, 6.45) is 9.24. The quantitative estimate of drug-likeness (QED) is 0.681. The maximum absolute atomic E-state index is 4.90. The fraction of sp³-hybridized carbons (Fsp3) is 0.368. The summed E-state index contributed by atoms with van der Waals surface area (Å²) in [5, 5.41) is 0.731. The summed E-state index contributed by atoms with van der Waals surface area (Å²) >= 11 is 1.98. The molecule has 3 aromatic rings. The fourth-order valence-electron chi connectivity index (χ4n) is 3.40. The lowest BCUT2D eigenvalue weighted by Crippen LogP contribution is -1.98. The normalized spacial score (nSPS) is 15.6. The monoisotopic (exact) mass is 323 g/mol. The van der Waals surface area contributed by atoms with Gasteiger partial charge in [-0.1, -0.05) is 18.9 Å². The van der Waals surface area contributed by atoms with E-state index in [1.807, 2.05) is 24.2 Å². The molecule has 0 saturated heterocycles. The minimum Gasteiger partial charge on any atom is -0.327 e. The first kappa shape index (κ1) is 14.8. The Morgan fingerprint density at radius 1 is 1.17 bits per heavy atom. The van der Waals surface area contributed by atoms with Gasteiger partial charge in [-0.3, -0.25) is 4.98 Å². The van der Waals surface area contributed by atoms with E-state index >= 15 is 0 Å². The SMILES string of the molecule is Cc1ccc2c(c1)nc(-c1ccncc1SC1CCCC1)n2C. The van der Waals surface area contributed by atoms with Crippen molar-refractivity contribution >= 4 is 22.8 Å². The van der Waals surface area contributed by atoms with Crippen LogP contribution >= 0.6 is 11.8 Å². The summed E-state index contributed by atoms with van der Waals surface area (Å²) in [7, 11) is 2.10. The Bertz CT molecular complexity index is 847. The minimum atomic E-state index is 0.731. The molecule has 0 N–H and O–H groups in total. The van der Waals surface area contributed by atoms with Gasteiger partial charge >= 0.3 is 0 Å². The third kappa shape index (κ3) is 2.76. The molecule has 0 unspecified atom stereocenters. The van der Waals surface area contributed by atoms with E-state index in [-0.39, 0.29) is 0 Å². The zero-order chi connectivity index (χ0) is 15.8. The van der Waals surface area contributed by atoms with Gasteiger partial charge in [-0.05, 0) is 43.5 Å². The molecule has 4 heteroatoms. The maximum atomic E-state index is 4.90. The number of pyridine rings is 1. The van der Waals surface area contributed by atoms with Crippen LogP contribution in [-0.4, -0.2) is 19.8 Å². The van der Waals surface area contributed by atoms with Crippen LogP contribution in [0.1, 0.15) is 31.2 Å². The van der Waals surface area contributed by atoms with Crippen LogP contribution in [0.2, 0.25) is 0 Å². The lowest BCUT2D eigenvalue weighted by molar-refractivity contribution is 0.886. The molecule has 0 spiro atoms. The number of aryl methyl sites for hydroxylation is 2. The van der Waals surface area contributed by atoms with Crippen LogP contribution in [0.4, 0.5) is 0 Å². The van der Waals surface area contributed by atoms with Gasteiger partial charge in [0.05, 0.1) is 11.0 Å². The van der Waals surface area contributed by atoms with Gasteiger partial charge in [-0.15, -0.1) is 11.8 Å². The molecule has 0 bridgehead atoms. The van der Waals surface area contributed by atoms with Crippen molar-refractivity contribution in [3.05, 3.63) is 42.2 Å². The maximum Gasteiger partial charge on any atom is 0.142 e. The molecule has 4 rings (SSSR count). The highest BCUT2D eigenvalue weighted by Gasteiger charge is 2.20. The van der Waals surface area contributed by atoms with E-state index in [1.54, 1.807) is 0 Å². The topological polar surface area (TPSA) is 30.7 Å². The second-order valence-corrected chi connectivity index (χ2v) is 7.72. The van der Waals surface area contributed by atoms with E-state index in [1.165, 1.54) is 47.2 Å². The standard InChI is InChI=1S/C19H21N3S/c1-13-7-8-17-16(11-13)21-19(22(17)2)15-9-10-20-12-18(15)23-14-5-3-4-6-14/h7-12,14H,3-6H2,1-2H3. The number of rotatable bonds is 3. The van der Waals surface area contributed by atoms with Crippen LogP contribution in [-0.2, 0) is 7.05 Å². The highest BCUT2D eigenvalue weighted by atomic mass is 32.2. The zero-order valence-electron chi connectivity index (χ0n) is 13.6. The van der Waals surface area contributed by atoms with Crippen molar-refractivity contribution < 1.29 is 0 Å². The number of fused-ring (bicyclic) bond motifs is 1. The first-order valence-electron chi connectivity index (χ1n) is 8.26. The van der Waals surface area contributed by atoms with E-state index in [0.717, 1.165) is 16.6 Å². The fourth-order valence-corrected chi connectivity index (χ4v) is 4.73. The zero-order valence-corrected chi connectivity index (χ0v) is 14.4. The molecule has 0 atom stereocenters. The van der Waals surface area contributed by atoms with Crippen LogP contribution in [0.15, 0.2) is 41.6 Å². The highest BCUT2D eigenvalue weighted by Crippen LogP contribution is 2.39. The Morgan fingerprint density at radius 3 is 2.83 bits per heavy atom. The van der Waals surface area contributed by atoms with Crippen LogP contribution < -0.4 is 0 Å². The summed E-state index contributed by atoms with van der Waals surface area (Å²) in [6.45, 7) is 2.11. The van der Waals surface area contributed by atoms with Crippen molar-refractivity contribution in [3.63, 3.8) is 0 Å². The third-order valence-corrected chi connectivity index (χ3v) is 6.04. The van der Waals surface area contributed by atoms with Crippen LogP contribution in [0.25, 0.3) is 22.4 Å². The number of nitrogens with zero attached hydrogens (tertiary/aromatic N) is 3. The number of imidazole rings is 1. The lowest BCUT2D eigenvalue weighted by atomic mass is 10.2. The van der Waals surface area contributed by atoms with Crippen LogP contribution in [0.5, 0.6) is 0 Å². The molecule has 1 aliphatic rings. The molecule has 1 fully saturated rings. The summed E-state index contributed by atoms with van der Waals surface area (Å²) in [5.41, 5.74) is 4.70. The minimum absolute atomic E-state index is 0.731. The molecular formula is C19H21N3S. The number of thioether (sulfide) groups is 1. The van der Waals surface area contributed by atoms with Crippen molar-refractivity contribution in [1.82, 2.24) is 14.5 Å². The number of benzene rings is 1. The largest absolute Gasteiger partial charge is 0.327 e. The molecule has 3 nitrogen and oxygen atoms in total. The molecule has 118 valence electrons. The van der Waals surface area contributed by atoms with Crippen molar-refractivity contribution in [1.29, 1.82) is 0 Å². The molecule has 0 radical (unpaired) electrons. The van der Waals surface area contributed by atoms with Gasteiger partial charge in [-0.25, -0.2) is 4.98 Å². The molecule has 1 aromatic carbocycles. The Labute approximate surface area is 141 Å². The second-order valence-electron chi connectivity index (χ2n) is 6.38. The number of aromatic nitrogens is 3. The molecule has 0 amide bonds. The van der Waals surface area contributed by atoms with Crippen molar-refractivity contribution in [2.24, 2.45) is 7.05 Å². The molecule has 2 aromatic heterocycles. The van der Waals surface area contributed by atoms with E-state index < -0.39 is 0 Å². The van der Waals surface area contributed by atoms with E-state index in [4.69, 9.17) is 4.98 Å². The predicted molar refractivity (Wildman–Crippen MR) is 96.8 cm³/mol. The lowest BCUT2D eigenvalue weighted by Gasteiger charge is -2.12. The molecule has 0 aliphatic heterocycles. The van der Waals surface area contributed by atoms with E-state index in [2.05, 4.69) is 47.8 Å². The average Bonchev–Trinajstić information content (AvgIpc) is 3.16. The second kappa shape index (κ2) is 6.00. The van der Waals surface area contributed by atoms with Gasteiger partial charge in [0.1, 0.15) is 5.82 Å². The third-order valence-electron chi connectivity index (χ3n) is 4.66. The summed E-state index contributed by atoms with van der Waals surface area (Å²) in [6, 6.07) is 8.57. The summed E-state index contributed by atoms with van der Waals surface area (Å²) in [5.74, 6) is 1.04.